The molecule has 3 N–H and O–H groups in total. The Bertz CT molecular complexity index is 6610. The minimum absolute atomic E-state index is 0.0486. The van der Waals surface area contributed by atoms with Gasteiger partial charge >= 0.3 is 29.8 Å². The van der Waals surface area contributed by atoms with E-state index >= 15 is 0 Å². The Morgan fingerprint density at radius 1 is 0.367 bits per heavy atom. The fraction of sp³-hybridized carbons (Fsp3) is 0.188. The number of phenols is 1. The van der Waals surface area contributed by atoms with Crippen LogP contribution in [-0.2, 0) is 54.2 Å². The summed E-state index contributed by atoms with van der Waals surface area (Å²) in [6.45, 7) is 3.57. The van der Waals surface area contributed by atoms with E-state index < -0.39 is 130 Å². The predicted molar refractivity (Wildman–Crippen MR) is 603 cm³/mol. The van der Waals surface area contributed by atoms with Crippen molar-refractivity contribution in [2.75, 3.05) is 24.4 Å². The van der Waals surface area contributed by atoms with Crippen LogP contribution < -0.4 is 61.0 Å². The average molecular weight is 3790 g/mol. The summed E-state index contributed by atoms with van der Waals surface area (Å²) in [4.78, 5) is 167. The van der Waals surface area contributed by atoms with Gasteiger partial charge in [-0.2, -0.15) is 8.78 Å². The maximum Gasteiger partial charge on any atom is 0.359 e. The summed E-state index contributed by atoms with van der Waals surface area (Å²) in [6.07, 6.45) is 4.36. The molecule has 0 bridgehead atoms. The average Bonchev–Trinajstić information content (AvgIpc) is 0.767. The number of hydrogen-bond acceptors (Lipinski definition) is 29. The number of benzene rings is 9. The van der Waals surface area contributed by atoms with Crippen molar-refractivity contribution in [3.63, 3.8) is 0 Å². The molecular formula is C85H45Br27F4N2O29-8. The molecule has 147 heavy (non-hydrogen) atoms. The minimum atomic E-state index is -2.47. The SMILES string of the molecule is CCC(Cc1c(Br)cc(Br)c(O)c1Br)C(=O)[O-].CCOC(=O)c1c(Br)c(Br)c(Br)c(Br)c1C(=O)[O-].COC(=O)c1c(Br)c(Br)c(Br)c(Br)c1C(=O)[O-].O=C(Oc1c(F)c(F)c(C(=O)[O-])c(F)c1F)c1cc(Br)cc(Br)c1Br.O=C([O-])C(=O)Oc1c(Br)cc(Br)cc1Br.O=C([O-])CC(=O)Nc1cc(Br)c(Br)c(Br)c1.O=C([O-])CCC(=O)Nc1cc(Br)c(Br)c(Br)c1.O=C([O-])c1c(Br)c(Br)c(Br)c(Br)c1C(=O)OC1CCCCC1. The molecule has 1 atom stereocenters. The molecule has 1 aliphatic rings. The molecule has 0 aromatic heterocycles. The number of carboxylic acids is 8. The predicted octanol–water partition coefficient (Wildman–Crippen LogP) is 24.0. The topological polar surface area (TPSA) is 531 Å². The summed E-state index contributed by atoms with van der Waals surface area (Å²) in [7, 11) is 1.16. The summed E-state index contributed by atoms with van der Waals surface area (Å²) in [6, 6.07) is 14.4. The Hall–Kier alpha value is -2.49. The zero-order chi connectivity index (χ0) is 113. The zero-order valence-electron chi connectivity index (χ0n) is 71.7. The number of carbonyl (C=O) groups is 15. The highest BCUT2D eigenvalue weighted by Gasteiger charge is 2.34. The number of aromatic hydroxyl groups is 1. The zero-order valence-corrected chi connectivity index (χ0v) is 115. The Morgan fingerprint density at radius 2 is 0.735 bits per heavy atom. The minimum Gasteiger partial charge on any atom is -0.550 e. The molecule has 0 aliphatic heterocycles. The lowest BCUT2D eigenvalue weighted by molar-refractivity contribution is -0.312. The van der Waals surface area contributed by atoms with Gasteiger partial charge < -0.3 is 119 Å². The number of anilines is 2. The maximum absolute atomic E-state index is 13.8. The molecule has 10 rings (SSSR count). The normalized spacial score (nSPS) is 11.3. The van der Waals surface area contributed by atoms with Crippen LogP contribution in [0.2, 0.25) is 0 Å². The van der Waals surface area contributed by atoms with Gasteiger partial charge in [0, 0.05) is 155 Å². The van der Waals surface area contributed by atoms with E-state index in [1.165, 1.54) is 12.1 Å². The first kappa shape index (κ1) is 139. The largest absolute Gasteiger partial charge is 0.550 e. The number of aromatic carboxylic acids is 4. The number of phenolic OH excluding ortho intramolecular Hbond substituents is 1. The molecule has 0 heterocycles. The number of amides is 2. The van der Waals surface area contributed by atoms with Gasteiger partial charge in [-0.1, -0.05) is 61.1 Å². The number of esters is 5. The number of hydrogen-bond donors (Lipinski definition) is 3. The summed E-state index contributed by atoms with van der Waals surface area (Å²) >= 11 is 86.7. The Labute approximate surface area is 1050 Å². The highest BCUT2D eigenvalue weighted by molar-refractivity contribution is 9.18. The van der Waals surface area contributed by atoms with Crippen molar-refractivity contribution in [3.8, 4) is 17.2 Å². The first-order chi connectivity index (χ1) is 68.1. The van der Waals surface area contributed by atoms with E-state index in [1.54, 1.807) is 56.3 Å². The number of carboxylic acid groups (broad SMARTS) is 8. The number of aliphatic carboxylic acids is 4. The van der Waals surface area contributed by atoms with Crippen molar-refractivity contribution in [2.24, 2.45) is 5.92 Å². The van der Waals surface area contributed by atoms with Crippen LogP contribution in [-0.4, -0.2) is 114 Å². The van der Waals surface area contributed by atoms with Crippen LogP contribution >= 0.6 is 430 Å². The van der Waals surface area contributed by atoms with E-state index in [-0.39, 0.29) is 109 Å². The Morgan fingerprint density at radius 3 is 1.10 bits per heavy atom. The molecule has 0 spiro atoms. The molecule has 1 aliphatic carbocycles. The molecule has 794 valence electrons. The second-order valence-electron chi connectivity index (χ2n) is 27.2. The molecule has 9 aromatic carbocycles. The van der Waals surface area contributed by atoms with E-state index in [0.29, 0.717) is 82.4 Å². The van der Waals surface area contributed by atoms with E-state index in [9.17, 15) is 135 Å². The van der Waals surface area contributed by atoms with Crippen LogP contribution in [0.15, 0.2) is 175 Å². The molecule has 0 saturated heterocycles. The summed E-state index contributed by atoms with van der Waals surface area (Å²) in [5, 5.41) is 101. The van der Waals surface area contributed by atoms with Crippen molar-refractivity contribution < 1.29 is 159 Å². The molecule has 9 aromatic rings. The van der Waals surface area contributed by atoms with Gasteiger partial charge in [-0.3, -0.25) is 9.59 Å². The smallest absolute Gasteiger partial charge is 0.359 e. The number of ether oxygens (including phenoxy) is 5. The summed E-state index contributed by atoms with van der Waals surface area (Å²) < 4.78 is 92.1. The quantitative estimate of drug-likeness (QED) is 0.00782. The van der Waals surface area contributed by atoms with Gasteiger partial charge in [0.2, 0.25) is 29.2 Å². The van der Waals surface area contributed by atoms with Crippen LogP contribution in [0, 0.1) is 29.2 Å². The molecular weight excluding hydrogens is 3750 g/mol. The van der Waals surface area contributed by atoms with Crippen molar-refractivity contribution in [1.29, 1.82) is 0 Å². The number of nitrogens with one attached hydrogen (secondary N) is 2. The lowest BCUT2D eigenvalue weighted by atomic mass is 9.97. The Kier molecular flexibility index (Phi) is 62.0. The number of methoxy groups -OCH3 is 1. The Balaban J connectivity index is 0.000000434. The molecule has 1 saturated carbocycles. The molecule has 1 fully saturated rings. The fourth-order valence-electron chi connectivity index (χ4n) is 10.7. The summed E-state index contributed by atoms with van der Waals surface area (Å²) in [5.74, 6) is -29.4. The second kappa shape index (κ2) is 65.8. The van der Waals surface area contributed by atoms with Crippen LogP contribution in [0.1, 0.15) is 160 Å². The number of carbonyl (C=O) groups excluding carboxylic acids is 15. The first-order valence-electron chi connectivity index (χ1n) is 38.2. The van der Waals surface area contributed by atoms with Crippen molar-refractivity contribution in [1.82, 2.24) is 0 Å². The van der Waals surface area contributed by atoms with Gasteiger partial charge in [0.05, 0.1) is 95.7 Å². The van der Waals surface area contributed by atoms with Crippen molar-refractivity contribution in [3.05, 3.63) is 249 Å². The van der Waals surface area contributed by atoms with Gasteiger partial charge in [0.1, 0.15) is 11.9 Å². The van der Waals surface area contributed by atoms with Crippen LogP contribution in [0.4, 0.5) is 28.9 Å². The van der Waals surface area contributed by atoms with E-state index in [4.69, 9.17) is 9.47 Å². The second-order valence-corrected chi connectivity index (χ2v) is 49.4. The maximum atomic E-state index is 13.8. The third-order valence-corrected chi connectivity index (χ3v) is 44.3. The monoisotopic (exact) mass is 3760 g/mol. The van der Waals surface area contributed by atoms with E-state index in [2.05, 4.69) is 455 Å². The van der Waals surface area contributed by atoms with Crippen LogP contribution in [0.5, 0.6) is 17.2 Å². The third kappa shape index (κ3) is 40.8. The van der Waals surface area contributed by atoms with E-state index in [1.807, 2.05) is 0 Å². The highest BCUT2D eigenvalue weighted by Crippen LogP contribution is 2.48. The third-order valence-electron chi connectivity index (χ3n) is 17.4. The van der Waals surface area contributed by atoms with Crippen LogP contribution in [0.3, 0.4) is 0 Å². The summed E-state index contributed by atoms with van der Waals surface area (Å²) in [5.41, 5.74) is -1.42. The first-order valence-corrected chi connectivity index (χ1v) is 59.6. The standard InChI is InChI=1S/C14H12Br4O4.C14H3Br3F4O4.C11H11Br3O3.C10H6Br4O4.C10H8Br3NO3.C9H4Br4O4.C9H6Br3NO3.C8H3Br3O4/c15-9-7(13(19)20)8(10(16)12(18)11(9)17)14(21)22-6-4-2-1-3-5-6;15-3-1-4(7(17)5(16)2-3)14(24)25-12-10(20)8(18)6(13(22)23)9(19)11(12)21;1-2-5(11(16)17)3-6-7(12)4-8(13)10(15)9(6)14;1-2-18-10(17)4-3(9(15)16)5(11)7(13)8(14)6(4)12;11-6-3-5(4-7(12)10(6)13)14-8(15)1-2-9(16)17;1-17-9(16)3-2(8(14)15)4(10)6(12)7(13)5(3)11;10-5-1-4(2-6(11)9(5)12)13-7(14)3-8(15)16;9-3-1-4(10)6(5(11)2-3)15-8(14)7(12)13/h6H,1-5H2,(H,19,20);1-2H,(H,22,23);4-5,15H,2-3H2,1H3,(H,16,17);2H2,1H3,(H,15,16);3-4H,1-2H2,(H,14,15)(H,16,17);1H3,(H,14,15);1-2H,3H2,(H,13,14)(H,15,16);1-2H,(H,12,13)/p-8. The van der Waals surface area contributed by atoms with Crippen LogP contribution in [0.25, 0.3) is 0 Å². The lowest BCUT2D eigenvalue weighted by Crippen LogP contribution is -2.35. The van der Waals surface area contributed by atoms with Gasteiger partial charge in [-0.15, -0.1) is 0 Å². The van der Waals surface area contributed by atoms with Gasteiger partial charge in [-0.05, 0) is 494 Å². The molecule has 62 heteroatoms. The van der Waals surface area contributed by atoms with Crippen molar-refractivity contribution >= 4 is 531 Å². The molecule has 1 unspecified atom stereocenters. The molecule has 31 nitrogen and oxygen atoms in total. The fourth-order valence-corrected chi connectivity index (χ4v) is 27.4. The number of rotatable bonds is 23. The molecule has 0 radical (unpaired) electrons. The number of halogens is 31. The van der Waals surface area contributed by atoms with Crippen molar-refractivity contribution in [2.45, 2.75) is 84.2 Å². The lowest BCUT2D eigenvalue weighted by Gasteiger charge is -2.23. The van der Waals surface area contributed by atoms with Gasteiger partial charge in [0.15, 0.2) is 23.4 Å². The van der Waals surface area contributed by atoms with Gasteiger partial charge in [0.25, 0.3) is 0 Å². The highest BCUT2D eigenvalue weighted by atomic mass is 79.9. The molecule has 2 amide bonds. The van der Waals surface area contributed by atoms with E-state index in [0.717, 1.165) is 80.6 Å². The van der Waals surface area contributed by atoms with Gasteiger partial charge in [-0.25, -0.2) is 32.8 Å².